The molecule has 6 heteroatoms. The van der Waals surface area contributed by atoms with Crippen LogP contribution in [0.3, 0.4) is 0 Å². The zero-order chi connectivity index (χ0) is 11.5. The Bertz CT molecular complexity index is 558. The van der Waals surface area contributed by atoms with Gasteiger partial charge in [0.2, 0.25) is 0 Å². The van der Waals surface area contributed by atoms with Crippen LogP contribution in [-0.2, 0) is 7.05 Å². The molecule has 2 rings (SSSR count). The Labute approximate surface area is 96.9 Å². The van der Waals surface area contributed by atoms with Gasteiger partial charge in [0.05, 0.1) is 5.56 Å². The quantitative estimate of drug-likeness (QED) is 0.799. The van der Waals surface area contributed by atoms with Crippen molar-refractivity contribution in [2.24, 2.45) is 7.05 Å². The molecule has 0 aliphatic carbocycles. The van der Waals surface area contributed by atoms with Crippen molar-refractivity contribution in [3.05, 3.63) is 35.1 Å². The standard InChI is InChI=1S/C10H7ClN4O/c1-15-6-13-10(14-15)16-9-4-8(11)3-2-7(9)5-12/h2-4,6H,1H3. The van der Waals surface area contributed by atoms with Crippen LogP contribution in [0.15, 0.2) is 24.5 Å². The smallest absolute Gasteiger partial charge is 0.341 e. The molecule has 16 heavy (non-hydrogen) atoms. The summed E-state index contributed by atoms with van der Waals surface area (Å²) in [7, 11) is 1.73. The first-order valence-electron chi connectivity index (χ1n) is 4.42. The molecule has 0 aliphatic heterocycles. The highest BCUT2D eigenvalue weighted by atomic mass is 35.5. The fourth-order valence-electron chi connectivity index (χ4n) is 1.14. The van der Waals surface area contributed by atoms with Gasteiger partial charge in [0.25, 0.3) is 0 Å². The third kappa shape index (κ3) is 2.12. The van der Waals surface area contributed by atoms with Crippen LogP contribution in [0.4, 0.5) is 0 Å². The summed E-state index contributed by atoms with van der Waals surface area (Å²) in [4.78, 5) is 3.89. The van der Waals surface area contributed by atoms with E-state index < -0.39 is 0 Å². The maximum absolute atomic E-state index is 8.87. The van der Waals surface area contributed by atoms with Crippen LogP contribution in [0.2, 0.25) is 5.02 Å². The number of ether oxygens (including phenoxy) is 1. The fourth-order valence-corrected chi connectivity index (χ4v) is 1.30. The average molecular weight is 235 g/mol. The molecule has 0 saturated carbocycles. The van der Waals surface area contributed by atoms with Crippen LogP contribution in [0, 0.1) is 11.3 Å². The van der Waals surface area contributed by atoms with Crippen molar-refractivity contribution in [2.75, 3.05) is 0 Å². The van der Waals surface area contributed by atoms with Gasteiger partial charge in [-0.2, -0.15) is 10.2 Å². The molecule has 1 aromatic carbocycles. The van der Waals surface area contributed by atoms with Crippen LogP contribution in [-0.4, -0.2) is 14.8 Å². The predicted molar refractivity (Wildman–Crippen MR) is 57.2 cm³/mol. The molecule has 0 bridgehead atoms. The summed E-state index contributed by atoms with van der Waals surface area (Å²) in [6, 6.07) is 6.95. The number of nitrogens with zero attached hydrogens (tertiary/aromatic N) is 4. The van der Waals surface area contributed by atoms with Gasteiger partial charge in [0.15, 0.2) is 0 Å². The molecular weight excluding hydrogens is 228 g/mol. The minimum Gasteiger partial charge on any atom is -0.422 e. The summed E-state index contributed by atoms with van der Waals surface area (Å²) >= 11 is 5.81. The lowest BCUT2D eigenvalue weighted by molar-refractivity contribution is 0.437. The van der Waals surface area contributed by atoms with Gasteiger partial charge in [-0.1, -0.05) is 11.6 Å². The Hall–Kier alpha value is -2.06. The minimum absolute atomic E-state index is 0.182. The van der Waals surface area contributed by atoms with Gasteiger partial charge in [0.1, 0.15) is 18.1 Å². The van der Waals surface area contributed by atoms with E-state index in [0.717, 1.165) is 0 Å². The number of aromatic nitrogens is 3. The van der Waals surface area contributed by atoms with Gasteiger partial charge in [-0.15, -0.1) is 5.10 Å². The SMILES string of the molecule is Cn1cnc(Oc2cc(Cl)ccc2C#N)n1. The maximum Gasteiger partial charge on any atom is 0.341 e. The van der Waals surface area contributed by atoms with E-state index in [4.69, 9.17) is 21.6 Å². The monoisotopic (exact) mass is 234 g/mol. The van der Waals surface area contributed by atoms with Crippen molar-refractivity contribution < 1.29 is 4.74 Å². The molecule has 5 nitrogen and oxygen atoms in total. The molecule has 0 radical (unpaired) electrons. The lowest BCUT2D eigenvalue weighted by atomic mass is 10.2. The molecule has 0 fully saturated rings. The number of benzene rings is 1. The molecular formula is C10H7ClN4O. The van der Waals surface area contributed by atoms with Gasteiger partial charge in [-0.25, -0.2) is 0 Å². The summed E-state index contributed by atoms with van der Waals surface area (Å²) in [6.45, 7) is 0. The first-order chi connectivity index (χ1) is 7.69. The van der Waals surface area contributed by atoms with Crippen LogP contribution < -0.4 is 4.74 Å². The first kappa shape index (κ1) is 10.5. The van der Waals surface area contributed by atoms with E-state index in [-0.39, 0.29) is 6.01 Å². The highest BCUT2D eigenvalue weighted by Crippen LogP contribution is 2.25. The van der Waals surface area contributed by atoms with E-state index in [1.807, 2.05) is 6.07 Å². The van der Waals surface area contributed by atoms with E-state index in [1.165, 1.54) is 11.0 Å². The number of nitriles is 1. The molecule has 0 saturated heterocycles. The van der Waals surface area contributed by atoms with Crippen LogP contribution in [0.1, 0.15) is 5.56 Å². The molecule has 2 aromatic rings. The summed E-state index contributed by atoms with van der Waals surface area (Å²) in [5, 5.41) is 13.3. The van der Waals surface area contributed by atoms with Crippen molar-refractivity contribution in [3.8, 4) is 17.8 Å². The van der Waals surface area contributed by atoms with Gasteiger partial charge >= 0.3 is 6.01 Å². The normalized spacial score (nSPS) is 9.81. The Morgan fingerprint density at radius 1 is 1.50 bits per heavy atom. The van der Waals surface area contributed by atoms with Gasteiger partial charge < -0.3 is 4.74 Å². The lowest BCUT2D eigenvalue weighted by Gasteiger charge is -2.03. The van der Waals surface area contributed by atoms with Crippen molar-refractivity contribution in [1.29, 1.82) is 5.26 Å². The number of hydrogen-bond donors (Lipinski definition) is 0. The molecule has 0 spiro atoms. The van der Waals surface area contributed by atoms with E-state index in [0.29, 0.717) is 16.3 Å². The topological polar surface area (TPSA) is 63.7 Å². The molecule has 0 unspecified atom stereocenters. The predicted octanol–water partition coefficient (Wildman–Crippen LogP) is 2.13. The average Bonchev–Trinajstić information content (AvgIpc) is 2.64. The number of hydrogen-bond acceptors (Lipinski definition) is 4. The van der Waals surface area contributed by atoms with Crippen LogP contribution in [0.25, 0.3) is 0 Å². The largest absolute Gasteiger partial charge is 0.422 e. The summed E-state index contributed by atoms with van der Waals surface area (Å²) in [6.07, 6.45) is 1.51. The fraction of sp³-hybridized carbons (Fsp3) is 0.100. The maximum atomic E-state index is 8.87. The highest BCUT2D eigenvalue weighted by Gasteiger charge is 2.08. The van der Waals surface area contributed by atoms with Crippen LogP contribution in [0.5, 0.6) is 11.8 Å². The second kappa shape index (κ2) is 4.21. The number of halogens is 1. The number of rotatable bonds is 2. The van der Waals surface area contributed by atoms with E-state index >= 15 is 0 Å². The highest BCUT2D eigenvalue weighted by molar-refractivity contribution is 6.30. The van der Waals surface area contributed by atoms with Gasteiger partial charge in [0, 0.05) is 18.1 Å². The summed E-state index contributed by atoms with van der Waals surface area (Å²) < 4.78 is 6.86. The van der Waals surface area contributed by atoms with Gasteiger partial charge in [-0.05, 0) is 12.1 Å². The second-order valence-corrected chi connectivity index (χ2v) is 3.49. The molecule has 1 heterocycles. The molecule has 1 aromatic heterocycles. The van der Waals surface area contributed by atoms with E-state index in [9.17, 15) is 0 Å². The zero-order valence-corrected chi connectivity index (χ0v) is 9.14. The Balaban J connectivity index is 2.34. The van der Waals surface area contributed by atoms with Crippen molar-refractivity contribution in [2.45, 2.75) is 0 Å². The Kier molecular flexibility index (Phi) is 2.75. The second-order valence-electron chi connectivity index (χ2n) is 3.06. The molecule has 80 valence electrons. The third-order valence-corrected chi connectivity index (χ3v) is 2.08. The summed E-state index contributed by atoms with van der Waals surface area (Å²) in [5.74, 6) is 0.348. The molecule has 0 N–H and O–H groups in total. The molecule has 0 atom stereocenters. The number of aryl methyl sites for hydroxylation is 1. The molecule has 0 aliphatic rings. The Morgan fingerprint density at radius 2 is 2.31 bits per heavy atom. The van der Waals surface area contributed by atoms with Crippen molar-refractivity contribution in [1.82, 2.24) is 14.8 Å². The van der Waals surface area contributed by atoms with Crippen molar-refractivity contribution >= 4 is 11.6 Å². The van der Waals surface area contributed by atoms with E-state index in [2.05, 4.69) is 10.1 Å². The van der Waals surface area contributed by atoms with E-state index in [1.54, 1.807) is 25.2 Å². The molecule has 0 amide bonds. The lowest BCUT2D eigenvalue weighted by Crippen LogP contribution is -1.92. The van der Waals surface area contributed by atoms with Crippen LogP contribution >= 0.6 is 11.6 Å². The first-order valence-corrected chi connectivity index (χ1v) is 4.80. The zero-order valence-electron chi connectivity index (χ0n) is 8.38. The summed E-state index contributed by atoms with van der Waals surface area (Å²) in [5.41, 5.74) is 0.386. The Morgan fingerprint density at radius 3 is 2.94 bits per heavy atom. The third-order valence-electron chi connectivity index (χ3n) is 1.84. The minimum atomic E-state index is 0.182. The van der Waals surface area contributed by atoms with Crippen molar-refractivity contribution in [3.63, 3.8) is 0 Å². The van der Waals surface area contributed by atoms with Gasteiger partial charge in [-0.3, -0.25) is 4.68 Å².